The number of anilines is 2. The zero-order valence-corrected chi connectivity index (χ0v) is 17.6. The van der Waals surface area contributed by atoms with Crippen LogP contribution in [0.5, 0.6) is 0 Å². The van der Waals surface area contributed by atoms with Gasteiger partial charge in [0.2, 0.25) is 5.91 Å². The highest BCUT2D eigenvalue weighted by Crippen LogP contribution is 2.29. The fraction of sp³-hybridized carbons (Fsp3) is 0.300. The molecular formula is C20H21ClN8O2. The summed E-state index contributed by atoms with van der Waals surface area (Å²) in [6, 6.07) is 2.85. The lowest BCUT2D eigenvalue weighted by Crippen LogP contribution is -2.36. The predicted molar refractivity (Wildman–Crippen MR) is 115 cm³/mol. The number of hydrogen-bond donors (Lipinski definition) is 3. The molecule has 1 aliphatic heterocycles. The Morgan fingerprint density at radius 1 is 1.26 bits per heavy atom. The van der Waals surface area contributed by atoms with Gasteiger partial charge in [-0.1, -0.05) is 17.7 Å². The van der Waals surface area contributed by atoms with E-state index in [9.17, 15) is 9.59 Å². The molecule has 4 heterocycles. The van der Waals surface area contributed by atoms with Crippen LogP contribution >= 0.6 is 11.6 Å². The molecule has 3 aromatic rings. The summed E-state index contributed by atoms with van der Waals surface area (Å²) in [4.78, 5) is 42.2. The molecule has 31 heavy (non-hydrogen) atoms. The van der Waals surface area contributed by atoms with Gasteiger partial charge in [-0.05, 0) is 31.4 Å². The van der Waals surface area contributed by atoms with Crippen molar-refractivity contribution in [2.45, 2.75) is 38.9 Å². The number of halogens is 1. The number of aromatic nitrogens is 5. The van der Waals surface area contributed by atoms with Crippen molar-refractivity contribution < 1.29 is 4.79 Å². The molecule has 0 bridgehead atoms. The van der Waals surface area contributed by atoms with Crippen LogP contribution in [0.1, 0.15) is 35.0 Å². The molecule has 11 heteroatoms. The van der Waals surface area contributed by atoms with E-state index in [1.165, 1.54) is 10.9 Å². The van der Waals surface area contributed by atoms with E-state index < -0.39 is 6.04 Å². The van der Waals surface area contributed by atoms with Crippen LogP contribution in [0.4, 0.5) is 11.6 Å². The molecule has 1 unspecified atom stereocenters. The fourth-order valence-corrected chi connectivity index (χ4v) is 3.84. The van der Waals surface area contributed by atoms with Crippen LogP contribution in [0.2, 0.25) is 5.15 Å². The van der Waals surface area contributed by atoms with E-state index in [4.69, 9.17) is 17.3 Å². The van der Waals surface area contributed by atoms with Gasteiger partial charge in [-0.3, -0.25) is 14.2 Å². The summed E-state index contributed by atoms with van der Waals surface area (Å²) in [5.41, 5.74) is 8.23. The average Bonchev–Trinajstić information content (AvgIpc) is 3.21. The van der Waals surface area contributed by atoms with Crippen LogP contribution in [0, 0.1) is 6.92 Å². The van der Waals surface area contributed by atoms with Crippen molar-refractivity contribution in [1.82, 2.24) is 29.8 Å². The molecule has 1 atom stereocenters. The van der Waals surface area contributed by atoms with Crippen molar-refractivity contribution in [3.63, 3.8) is 0 Å². The minimum Gasteiger partial charge on any atom is -0.384 e. The van der Waals surface area contributed by atoms with Crippen molar-refractivity contribution in [2.24, 2.45) is 0 Å². The molecule has 160 valence electrons. The number of carbonyl (C=O) groups excluding carboxylic acids is 1. The number of rotatable bonds is 6. The Balaban J connectivity index is 1.53. The normalized spacial score (nSPS) is 14.8. The molecule has 10 nitrogen and oxygen atoms in total. The van der Waals surface area contributed by atoms with Gasteiger partial charge in [0, 0.05) is 36.7 Å². The first-order valence-corrected chi connectivity index (χ1v) is 10.1. The van der Waals surface area contributed by atoms with E-state index in [0.29, 0.717) is 30.9 Å². The summed E-state index contributed by atoms with van der Waals surface area (Å²) in [7, 11) is 0. The predicted octanol–water partition coefficient (Wildman–Crippen LogP) is 1.39. The number of carbonyl (C=O) groups is 1. The SMILES string of the molecule is Cc1nc(N)ccc1CNC(=O)C1CCc2c(Cl)nc(NCc3cncnc3)c(=O)n21. The second kappa shape index (κ2) is 8.68. The third kappa shape index (κ3) is 4.33. The van der Waals surface area contributed by atoms with Crippen LogP contribution in [0.15, 0.2) is 35.6 Å². The summed E-state index contributed by atoms with van der Waals surface area (Å²) in [6.07, 6.45) is 5.66. The standard InChI is InChI=1S/C20H21ClN8O2/c1-11-13(2-5-16(22)27-11)9-26-19(30)15-4-3-14-17(21)28-18(20(31)29(14)15)25-8-12-6-23-10-24-7-12/h2,5-7,10,15H,3-4,8-9H2,1H3,(H2,22,27)(H,25,28)(H,26,30). The minimum absolute atomic E-state index is 0.0795. The van der Waals surface area contributed by atoms with Gasteiger partial charge >= 0.3 is 0 Å². The third-order valence-corrected chi connectivity index (χ3v) is 5.48. The van der Waals surface area contributed by atoms with Gasteiger partial charge in [-0.2, -0.15) is 0 Å². The number of fused-ring (bicyclic) bond motifs is 1. The molecule has 1 aliphatic rings. The fourth-order valence-electron chi connectivity index (χ4n) is 3.57. The molecular weight excluding hydrogens is 420 g/mol. The number of nitrogens with zero attached hydrogens (tertiary/aromatic N) is 5. The van der Waals surface area contributed by atoms with Crippen molar-refractivity contribution >= 4 is 29.1 Å². The molecule has 0 fully saturated rings. The molecule has 3 aromatic heterocycles. The Hall–Kier alpha value is -3.53. The maximum Gasteiger partial charge on any atom is 0.294 e. The number of hydrogen-bond acceptors (Lipinski definition) is 8. The van der Waals surface area contributed by atoms with Gasteiger partial charge in [0.15, 0.2) is 11.0 Å². The maximum absolute atomic E-state index is 13.1. The van der Waals surface area contributed by atoms with Gasteiger partial charge in [-0.15, -0.1) is 0 Å². The van der Waals surface area contributed by atoms with E-state index in [0.717, 1.165) is 16.8 Å². The quantitative estimate of drug-likeness (QED) is 0.522. The number of nitrogens with one attached hydrogen (secondary N) is 2. The molecule has 0 aromatic carbocycles. The smallest absolute Gasteiger partial charge is 0.294 e. The van der Waals surface area contributed by atoms with Gasteiger partial charge in [0.25, 0.3) is 5.56 Å². The van der Waals surface area contributed by atoms with Crippen molar-refractivity contribution in [3.05, 3.63) is 68.9 Å². The first kappa shape index (κ1) is 20.7. The maximum atomic E-state index is 13.1. The number of amides is 1. The minimum atomic E-state index is -0.661. The highest BCUT2D eigenvalue weighted by atomic mass is 35.5. The lowest BCUT2D eigenvalue weighted by atomic mass is 10.1. The molecule has 0 saturated heterocycles. The Morgan fingerprint density at radius 3 is 2.77 bits per heavy atom. The van der Waals surface area contributed by atoms with Gasteiger partial charge in [0.1, 0.15) is 18.2 Å². The first-order chi connectivity index (χ1) is 14.9. The largest absolute Gasteiger partial charge is 0.384 e. The van der Waals surface area contributed by atoms with E-state index in [1.807, 2.05) is 13.0 Å². The van der Waals surface area contributed by atoms with Crippen LogP contribution in [0.25, 0.3) is 0 Å². The molecule has 4 N–H and O–H groups in total. The Labute approximate surface area is 182 Å². The Morgan fingerprint density at radius 2 is 2.03 bits per heavy atom. The van der Waals surface area contributed by atoms with Gasteiger partial charge in [0.05, 0.1) is 5.69 Å². The van der Waals surface area contributed by atoms with Gasteiger partial charge < -0.3 is 16.4 Å². The zero-order chi connectivity index (χ0) is 22.0. The number of aryl methyl sites for hydroxylation is 1. The van der Waals surface area contributed by atoms with E-state index in [-0.39, 0.29) is 29.0 Å². The van der Waals surface area contributed by atoms with E-state index >= 15 is 0 Å². The molecule has 0 saturated carbocycles. The number of nitrogens with two attached hydrogens (primary N) is 1. The first-order valence-electron chi connectivity index (χ1n) is 9.72. The van der Waals surface area contributed by atoms with E-state index in [1.54, 1.807) is 18.5 Å². The third-order valence-electron chi connectivity index (χ3n) is 5.17. The number of pyridine rings is 1. The van der Waals surface area contributed by atoms with Crippen LogP contribution in [-0.2, 0) is 24.3 Å². The van der Waals surface area contributed by atoms with Crippen LogP contribution in [-0.4, -0.2) is 30.4 Å². The van der Waals surface area contributed by atoms with Crippen molar-refractivity contribution in [1.29, 1.82) is 0 Å². The van der Waals surface area contributed by atoms with Crippen LogP contribution < -0.4 is 21.9 Å². The summed E-state index contributed by atoms with van der Waals surface area (Å²) >= 11 is 6.32. The van der Waals surface area contributed by atoms with E-state index in [2.05, 4.69) is 30.6 Å². The monoisotopic (exact) mass is 440 g/mol. The second-order valence-electron chi connectivity index (χ2n) is 7.23. The number of nitrogen functional groups attached to an aromatic ring is 1. The summed E-state index contributed by atoms with van der Waals surface area (Å²) in [5, 5.41) is 6.06. The van der Waals surface area contributed by atoms with Crippen molar-refractivity contribution in [2.75, 3.05) is 11.1 Å². The highest BCUT2D eigenvalue weighted by molar-refractivity contribution is 6.30. The molecule has 0 radical (unpaired) electrons. The molecule has 1 amide bonds. The summed E-state index contributed by atoms with van der Waals surface area (Å²) in [6.45, 7) is 2.42. The lowest BCUT2D eigenvalue weighted by molar-refractivity contribution is -0.124. The van der Waals surface area contributed by atoms with Crippen molar-refractivity contribution in [3.8, 4) is 0 Å². The average molecular weight is 441 g/mol. The highest BCUT2D eigenvalue weighted by Gasteiger charge is 2.32. The lowest BCUT2D eigenvalue weighted by Gasteiger charge is -2.17. The topological polar surface area (TPSA) is 141 Å². The Bertz CT molecular complexity index is 1180. The Kier molecular flexibility index (Phi) is 5.81. The van der Waals surface area contributed by atoms with Gasteiger partial charge in [-0.25, -0.2) is 19.9 Å². The second-order valence-corrected chi connectivity index (χ2v) is 7.58. The molecule has 0 aliphatic carbocycles. The van der Waals surface area contributed by atoms with Crippen LogP contribution in [0.3, 0.4) is 0 Å². The zero-order valence-electron chi connectivity index (χ0n) is 16.8. The molecule has 4 rings (SSSR count). The summed E-state index contributed by atoms with van der Waals surface area (Å²) < 4.78 is 1.43. The molecule has 0 spiro atoms. The summed E-state index contributed by atoms with van der Waals surface area (Å²) in [5.74, 6) is 0.241.